The zero-order valence-corrected chi connectivity index (χ0v) is 79.6. The second kappa shape index (κ2) is 73.0. The van der Waals surface area contributed by atoms with Crippen LogP contribution in [0.4, 0.5) is 23.5 Å². The molecule has 0 saturated carbocycles. The van der Waals surface area contributed by atoms with E-state index in [-0.39, 0.29) is 53.4 Å². The predicted molar refractivity (Wildman–Crippen MR) is 525 cm³/mol. The van der Waals surface area contributed by atoms with Crippen molar-refractivity contribution >= 4 is 93.0 Å². The Labute approximate surface area is 795 Å². The Hall–Kier alpha value is -10.7. The van der Waals surface area contributed by atoms with Gasteiger partial charge in [0.2, 0.25) is 0 Å². The molecule has 0 aromatic heterocycles. The molecule has 5 radical (unpaired) electrons. The molecule has 10 rings (SSSR count). The first kappa shape index (κ1) is 117. The average Bonchev–Trinajstić information content (AvgIpc) is 0.885. The molecule has 0 fully saturated rings. The molecule has 25 heteroatoms. The molecule has 0 aliphatic carbocycles. The number of ether oxygens (including phenoxy) is 10. The van der Waals surface area contributed by atoms with E-state index in [1.54, 1.807) is 243 Å². The van der Waals surface area contributed by atoms with Gasteiger partial charge in [0.25, 0.3) is 0 Å². The number of benzene rings is 10. The minimum absolute atomic E-state index is 0. The van der Waals surface area contributed by atoms with Crippen LogP contribution in [0, 0.1) is 0 Å². The molecular formula is C105H130F5O15S5. The van der Waals surface area contributed by atoms with Crippen LogP contribution < -0.4 is 47.4 Å². The second-order valence-corrected chi connectivity index (χ2v) is 32.4. The van der Waals surface area contributed by atoms with Crippen molar-refractivity contribution in [2.45, 2.75) is 252 Å². The maximum Gasteiger partial charge on any atom is 0.343 e. The summed E-state index contributed by atoms with van der Waals surface area (Å²) in [4.78, 5) is 64.1. The number of hydrogen-bond donors (Lipinski definition) is 0. The van der Waals surface area contributed by atoms with E-state index in [0.717, 1.165) is 60.9 Å². The van der Waals surface area contributed by atoms with Crippen molar-refractivity contribution in [2.75, 3.05) is 33.0 Å². The lowest BCUT2D eigenvalue weighted by Crippen LogP contribution is -2.08. The average molecular weight is 1890 g/mol. The minimum atomic E-state index is -0.389. The third-order valence-corrected chi connectivity index (χ3v) is 20.8. The SMILES string of the molecule is CCCCCCCCOc1ccc(C(=O)Oc2ccc([S])cc2)cc1.CCCCCCCCOc1ccc(C(=O)Oc2ccc([S])cc2)cc1.CCCCCCCCOc1ccc(C(=O)Oc2ccc([S])cc2)cc1.CCCCCCCCOc1ccc(C(=O)Oc2ccc([S])cc2)cc1.CCCCCCCCOc1ccc(C(=O)Oc2ccc([S])cc2)cc1.F.F.F.F.F. The van der Waals surface area contributed by atoms with Gasteiger partial charge in [0.05, 0.1) is 60.9 Å². The van der Waals surface area contributed by atoms with Gasteiger partial charge in [-0.25, -0.2) is 24.0 Å². The minimum Gasteiger partial charge on any atom is -0.494 e. The highest BCUT2D eigenvalue weighted by molar-refractivity contribution is 7.81. The van der Waals surface area contributed by atoms with Crippen LogP contribution in [-0.4, -0.2) is 62.9 Å². The Morgan fingerprint density at radius 1 is 0.169 bits per heavy atom. The van der Waals surface area contributed by atoms with Crippen LogP contribution in [0.1, 0.15) is 279 Å². The Bertz CT molecular complexity index is 3890. The fourth-order valence-corrected chi connectivity index (χ4v) is 12.8. The lowest BCUT2D eigenvalue weighted by atomic mass is 10.1. The van der Waals surface area contributed by atoms with Crippen molar-refractivity contribution in [2.24, 2.45) is 0 Å². The zero-order valence-electron chi connectivity index (χ0n) is 75.5. The van der Waals surface area contributed by atoms with Gasteiger partial charge in [0.15, 0.2) is 0 Å². The summed E-state index contributed by atoms with van der Waals surface area (Å²) in [5.41, 5.74) is 2.47. The van der Waals surface area contributed by atoms with Crippen molar-refractivity contribution in [3.63, 3.8) is 0 Å². The van der Waals surface area contributed by atoms with Crippen molar-refractivity contribution in [3.8, 4) is 57.5 Å². The van der Waals surface area contributed by atoms with Gasteiger partial charge in [-0.3, -0.25) is 23.5 Å². The van der Waals surface area contributed by atoms with Gasteiger partial charge in [-0.05, 0) is 275 Å². The van der Waals surface area contributed by atoms with Gasteiger partial charge in [-0.1, -0.05) is 258 Å². The number of unbranched alkanes of at least 4 members (excludes halogenated alkanes) is 25. The highest BCUT2D eigenvalue weighted by Crippen LogP contribution is 2.26. The predicted octanol–water partition coefficient (Wildman–Crippen LogP) is 31.8. The summed E-state index contributed by atoms with van der Waals surface area (Å²) in [7, 11) is 0. The van der Waals surface area contributed by atoms with Gasteiger partial charge < -0.3 is 47.4 Å². The molecule has 0 N–H and O–H groups in total. The van der Waals surface area contributed by atoms with Crippen LogP contribution in [0.25, 0.3) is 0 Å². The molecule has 0 spiro atoms. The lowest BCUT2D eigenvalue weighted by Gasteiger charge is -2.08. The van der Waals surface area contributed by atoms with E-state index in [9.17, 15) is 24.0 Å². The molecule has 10 aromatic rings. The smallest absolute Gasteiger partial charge is 0.343 e. The summed E-state index contributed by atoms with van der Waals surface area (Å²) in [6.07, 6.45) is 37.1. The molecule has 15 nitrogen and oxygen atoms in total. The third-order valence-electron chi connectivity index (χ3n) is 19.5. The van der Waals surface area contributed by atoms with E-state index in [4.69, 9.17) is 111 Å². The van der Waals surface area contributed by atoms with Gasteiger partial charge >= 0.3 is 29.8 Å². The van der Waals surface area contributed by atoms with E-state index >= 15 is 0 Å². The number of rotatable bonds is 50. The van der Waals surface area contributed by atoms with Crippen LogP contribution in [0.3, 0.4) is 0 Å². The van der Waals surface area contributed by atoms with Gasteiger partial charge in [-0.15, -0.1) is 0 Å². The molecule has 0 atom stereocenters. The summed E-state index contributed by atoms with van der Waals surface area (Å²) in [6.45, 7) is 14.7. The maximum absolute atomic E-state index is 12.1. The first-order valence-electron chi connectivity index (χ1n) is 44.5. The summed E-state index contributed by atoms with van der Waals surface area (Å²) in [6, 6.07) is 69.5. The zero-order chi connectivity index (χ0) is 89.5. The monoisotopic (exact) mass is 1890 g/mol. The largest absolute Gasteiger partial charge is 0.494 e. The van der Waals surface area contributed by atoms with Crippen LogP contribution in [0.5, 0.6) is 57.5 Å². The third kappa shape index (κ3) is 52.2. The van der Waals surface area contributed by atoms with Crippen molar-refractivity contribution in [3.05, 3.63) is 270 Å². The lowest BCUT2D eigenvalue weighted by molar-refractivity contribution is 0.0725. The van der Waals surface area contributed by atoms with Gasteiger partial charge in [0, 0.05) is 24.5 Å². The van der Waals surface area contributed by atoms with Crippen molar-refractivity contribution in [1.29, 1.82) is 0 Å². The molecule has 0 bridgehead atoms. The standard InChI is InChI=1S/5C21H25O3S.5FH/c5*1-2-3-4-5-6-7-16-23-18-10-8-17(9-11-18)21(22)24-19-12-14-20(25)15-13-19;;;;;/h5*8-15H,2-7,16H2,1H3;5*1H. The van der Waals surface area contributed by atoms with Crippen LogP contribution in [0.2, 0.25) is 0 Å². The topological polar surface area (TPSA) is 178 Å². The van der Waals surface area contributed by atoms with Crippen molar-refractivity contribution < 1.29 is 94.9 Å². The van der Waals surface area contributed by atoms with Crippen LogP contribution in [0.15, 0.2) is 267 Å². The molecule has 0 aliphatic heterocycles. The quantitative estimate of drug-likeness (QED) is 0.0152. The number of esters is 5. The Kier molecular flexibility index (Phi) is 65.9. The Balaban J connectivity index is 0.000000805. The summed E-state index contributed by atoms with van der Waals surface area (Å²) < 4.78 is 55.1. The van der Waals surface area contributed by atoms with E-state index in [2.05, 4.69) is 34.6 Å². The molecule has 0 amide bonds. The molecule has 0 aliphatic rings. The van der Waals surface area contributed by atoms with E-state index in [1.165, 1.54) is 161 Å². The molecule has 130 heavy (non-hydrogen) atoms. The number of carbonyl (C=O) groups is 5. The number of halogens is 5. The maximum atomic E-state index is 12.1. The van der Waals surface area contributed by atoms with E-state index in [0.29, 0.717) is 114 Å². The summed E-state index contributed by atoms with van der Waals surface area (Å²) in [5.74, 6) is 4.39. The van der Waals surface area contributed by atoms with Gasteiger partial charge in [0.1, 0.15) is 57.5 Å². The first-order chi connectivity index (χ1) is 60.9. The molecule has 10 aromatic carbocycles. The molecule has 0 unspecified atom stereocenters. The normalized spacial score (nSPS) is 10.0. The fourth-order valence-electron chi connectivity index (χ4n) is 12.2. The molecule has 705 valence electrons. The Morgan fingerprint density at radius 2 is 0.285 bits per heavy atom. The molecular weight excluding hydrogens is 1760 g/mol. The van der Waals surface area contributed by atoms with Crippen LogP contribution >= 0.6 is 63.1 Å². The first-order valence-corrected chi connectivity index (χ1v) is 46.6. The summed E-state index contributed by atoms with van der Waals surface area (Å²) >= 11 is 25.0. The van der Waals surface area contributed by atoms with Crippen molar-refractivity contribution in [1.82, 2.24) is 0 Å². The van der Waals surface area contributed by atoms with Gasteiger partial charge in [-0.2, -0.15) is 0 Å². The highest BCUT2D eigenvalue weighted by Gasteiger charge is 2.15. The summed E-state index contributed by atoms with van der Waals surface area (Å²) in [5, 5.41) is 0. The number of hydrogen-bond acceptors (Lipinski definition) is 15. The van der Waals surface area contributed by atoms with E-state index in [1.807, 2.05) is 0 Å². The number of carbonyl (C=O) groups excluding carboxylic acids is 5. The van der Waals surface area contributed by atoms with E-state index < -0.39 is 0 Å². The Morgan fingerprint density at radius 3 is 0.415 bits per heavy atom. The molecule has 0 heterocycles. The molecule has 0 saturated heterocycles. The fraction of sp³-hybridized carbons (Fsp3) is 0.381. The van der Waals surface area contributed by atoms with Crippen LogP contribution in [-0.2, 0) is 0 Å². The highest BCUT2D eigenvalue weighted by atomic mass is 32.1. The second-order valence-electron chi connectivity index (χ2n) is 30.0.